The zero-order valence-electron chi connectivity index (χ0n) is 11.5. The van der Waals surface area contributed by atoms with Gasteiger partial charge in [-0.1, -0.05) is 15.9 Å². The molecule has 1 aromatic rings. The molecule has 3 rings (SSSR count). The molecule has 1 unspecified atom stereocenters. The second-order valence-corrected chi connectivity index (χ2v) is 6.56. The van der Waals surface area contributed by atoms with Crippen molar-refractivity contribution in [3.8, 4) is 6.07 Å². The average Bonchev–Trinajstić information content (AvgIpc) is 3.01. The molecule has 0 spiro atoms. The molecule has 2 aliphatic rings. The number of ether oxygens (including phenoxy) is 1. The molecule has 3 nitrogen and oxygen atoms in total. The van der Waals surface area contributed by atoms with Crippen LogP contribution in [-0.2, 0) is 4.74 Å². The molecule has 1 aromatic carbocycles. The first-order chi connectivity index (χ1) is 9.78. The number of nitriles is 1. The molecule has 0 radical (unpaired) electrons. The fourth-order valence-corrected chi connectivity index (χ4v) is 3.72. The van der Waals surface area contributed by atoms with Crippen molar-refractivity contribution in [2.45, 2.75) is 31.8 Å². The lowest BCUT2D eigenvalue weighted by Gasteiger charge is -2.36. The molecule has 20 heavy (non-hydrogen) atoms. The molecule has 2 aliphatic heterocycles. The summed E-state index contributed by atoms with van der Waals surface area (Å²) in [4.78, 5) is 2.34. The Labute approximate surface area is 128 Å². The number of halogens is 1. The van der Waals surface area contributed by atoms with Crippen molar-refractivity contribution < 1.29 is 4.74 Å². The molecule has 2 saturated heterocycles. The minimum Gasteiger partial charge on any atom is -0.378 e. The molecular formula is C16H19BrN2O. The van der Waals surface area contributed by atoms with Crippen molar-refractivity contribution in [3.05, 3.63) is 28.2 Å². The maximum Gasteiger partial charge on any atom is 0.101 e. The Morgan fingerprint density at radius 2 is 2.05 bits per heavy atom. The van der Waals surface area contributed by atoms with Gasteiger partial charge < -0.3 is 9.64 Å². The Morgan fingerprint density at radius 1 is 1.25 bits per heavy atom. The Balaban J connectivity index is 1.67. The average molecular weight is 335 g/mol. The van der Waals surface area contributed by atoms with E-state index in [-0.39, 0.29) is 0 Å². The molecule has 0 bridgehead atoms. The standard InChI is InChI=1S/C16H19BrN2O/c17-14-3-4-15(13(10-14)11-18)19-7-5-12(6-8-19)16-2-1-9-20-16/h3-4,10,12,16H,1-2,5-9H2. The van der Waals surface area contributed by atoms with Crippen LogP contribution in [0, 0.1) is 17.2 Å². The third-order valence-corrected chi connectivity index (χ3v) is 4.94. The first-order valence-electron chi connectivity index (χ1n) is 7.34. The highest BCUT2D eigenvalue weighted by atomic mass is 79.9. The lowest BCUT2D eigenvalue weighted by Crippen LogP contribution is -2.38. The van der Waals surface area contributed by atoms with Crippen molar-refractivity contribution in [2.75, 3.05) is 24.6 Å². The number of hydrogen-bond acceptors (Lipinski definition) is 3. The molecule has 106 valence electrons. The summed E-state index contributed by atoms with van der Waals surface area (Å²) >= 11 is 3.43. The fraction of sp³-hybridized carbons (Fsp3) is 0.562. The van der Waals surface area contributed by atoms with Crippen molar-refractivity contribution in [1.82, 2.24) is 0 Å². The normalized spacial score (nSPS) is 23.8. The highest BCUT2D eigenvalue weighted by Gasteiger charge is 2.29. The van der Waals surface area contributed by atoms with Gasteiger partial charge in [-0.15, -0.1) is 0 Å². The molecule has 2 fully saturated rings. The van der Waals surface area contributed by atoms with Crippen LogP contribution in [0.2, 0.25) is 0 Å². The van der Waals surface area contributed by atoms with Gasteiger partial charge in [0.05, 0.1) is 17.4 Å². The SMILES string of the molecule is N#Cc1cc(Br)ccc1N1CCC(C2CCCO2)CC1. The Bertz CT molecular complexity index is 512. The smallest absolute Gasteiger partial charge is 0.101 e. The number of benzene rings is 1. The molecule has 0 saturated carbocycles. The molecule has 1 atom stereocenters. The quantitative estimate of drug-likeness (QED) is 0.827. The summed E-state index contributed by atoms with van der Waals surface area (Å²) in [6.07, 6.45) is 5.28. The van der Waals surface area contributed by atoms with Crippen LogP contribution >= 0.6 is 15.9 Å². The van der Waals surface area contributed by atoms with E-state index >= 15 is 0 Å². The van der Waals surface area contributed by atoms with Gasteiger partial charge in [0.15, 0.2) is 0 Å². The topological polar surface area (TPSA) is 36.3 Å². The second-order valence-electron chi connectivity index (χ2n) is 5.65. The predicted octanol–water partition coefficient (Wildman–Crippen LogP) is 3.72. The van der Waals surface area contributed by atoms with Crippen LogP contribution in [-0.4, -0.2) is 25.8 Å². The Hall–Kier alpha value is -1.05. The van der Waals surface area contributed by atoms with E-state index in [4.69, 9.17) is 4.74 Å². The van der Waals surface area contributed by atoms with Crippen LogP contribution in [0.4, 0.5) is 5.69 Å². The number of piperidine rings is 1. The van der Waals surface area contributed by atoms with E-state index < -0.39 is 0 Å². The molecule has 0 aliphatic carbocycles. The minimum absolute atomic E-state index is 0.484. The zero-order chi connectivity index (χ0) is 13.9. The highest BCUT2D eigenvalue weighted by molar-refractivity contribution is 9.10. The second kappa shape index (κ2) is 6.15. The van der Waals surface area contributed by atoms with Gasteiger partial charge in [0, 0.05) is 24.2 Å². The van der Waals surface area contributed by atoms with Crippen LogP contribution in [0.25, 0.3) is 0 Å². The monoisotopic (exact) mass is 334 g/mol. The summed E-state index contributed by atoms with van der Waals surface area (Å²) < 4.78 is 6.78. The number of rotatable bonds is 2. The maximum atomic E-state index is 9.28. The van der Waals surface area contributed by atoms with E-state index in [1.165, 1.54) is 25.7 Å². The first-order valence-corrected chi connectivity index (χ1v) is 8.13. The third-order valence-electron chi connectivity index (χ3n) is 4.45. The van der Waals surface area contributed by atoms with Crippen LogP contribution in [0.1, 0.15) is 31.2 Å². The molecule has 2 heterocycles. The summed E-state index contributed by atoms with van der Waals surface area (Å²) in [6.45, 7) is 3.00. The highest BCUT2D eigenvalue weighted by Crippen LogP contribution is 2.32. The molecule has 0 aromatic heterocycles. The third kappa shape index (κ3) is 2.84. The minimum atomic E-state index is 0.484. The molecular weight excluding hydrogens is 316 g/mol. The Morgan fingerprint density at radius 3 is 2.70 bits per heavy atom. The van der Waals surface area contributed by atoms with E-state index in [9.17, 15) is 5.26 Å². The van der Waals surface area contributed by atoms with Gasteiger partial charge in [-0.05, 0) is 49.8 Å². The zero-order valence-corrected chi connectivity index (χ0v) is 13.1. The van der Waals surface area contributed by atoms with Crippen molar-refractivity contribution >= 4 is 21.6 Å². The van der Waals surface area contributed by atoms with E-state index in [2.05, 4.69) is 33.0 Å². The van der Waals surface area contributed by atoms with Gasteiger partial charge >= 0.3 is 0 Å². The van der Waals surface area contributed by atoms with Gasteiger partial charge in [0.2, 0.25) is 0 Å². The van der Waals surface area contributed by atoms with Gasteiger partial charge in [-0.3, -0.25) is 0 Å². The van der Waals surface area contributed by atoms with Crippen LogP contribution in [0.5, 0.6) is 0 Å². The summed E-state index contributed by atoms with van der Waals surface area (Å²) in [5.41, 5.74) is 1.83. The van der Waals surface area contributed by atoms with E-state index in [1.54, 1.807) is 0 Å². The lowest BCUT2D eigenvalue weighted by molar-refractivity contribution is 0.0531. The summed E-state index contributed by atoms with van der Waals surface area (Å²) in [5, 5.41) is 9.28. The van der Waals surface area contributed by atoms with E-state index in [0.717, 1.165) is 35.4 Å². The summed E-state index contributed by atoms with van der Waals surface area (Å²) in [6, 6.07) is 8.27. The van der Waals surface area contributed by atoms with Crippen LogP contribution in [0.3, 0.4) is 0 Å². The molecule has 4 heteroatoms. The van der Waals surface area contributed by atoms with E-state index in [0.29, 0.717) is 12.0 Å². The largest absolute Gasteiger partial charge is 0.378 e. The van der Waals surface area contributed by atoms with E-state index in [1.807, 2.05) is 12.1 Å². The Kier molecular flexibility index (Phi) is 4.28. The summed E-state index contributed by atoms with van der Waals surface area (Å²) in [5.74, 6) is 0.703. The van der Waals surface area contributed by atoms with Crippen molar-refractivity contribution in [3.63, 3.8) is 0 Å². The number of anilines is 1. The predicted molar refractivity (Wildman–Crippen MR) is 82.8 cm³/mol. The van der Waals surface area contributed by atoms with Gasteiger partial charge in [0.25, 0.3) is 0 Å². The lowest BCUT2D eigenvalue weighted by atomic mass is 9.89. The maximum absolute atomic E-state index is 9.28. The number of nitrogens with zero attached hydrogens (tertiary/aromatic N) is 2. The first kappa shape index (κ1) is 13.9. The van der Waals surface area contributed by atoms with Crippen molar-refractivity contribution in [2.24, 2.45) is 5.92 Å². The van der Waals surface area contributed by atoms with Gasteiger partial charge in [-0.25, -0.2) is 0 Å². The van der Waals surface area contributed by atoms with Gasteiger partial charge in [0.1, 0.15) is 6.07 Å². The molecule has 0 amide bonds. The van der Waals surface area contributed by atoms with Gasteiger partial charge in [-0.2, -0.15) is 5.26 Å². The fourth-order valence-electron chi connectivity index (χ4n) is 3.36. The van der Waals surface area contributed by atoms with Crippen molar-refractivity contribution in [1.29, 1.82) is 5.26 Å². The summed E-state index contributed by atoms with van der Waals surface area (Å²) in [7, 11) is 0. The van der Waals surface area contributed by atoms with Crippen LogP contribution < -0.4 is 4.90 Å². The number of hydrogen-bond donors (Lipinski definition) is 0. The van der Waals surface area contributed by atoms with Crippen LogP contribution in [0.15, 0.2) is 22.7 Å². The molecule has 0 N–H and O–H groups in total.